The van der Waals surface area contributed by atoms with Crippen molar-refractivity contribution < 1.29 is 41.4 Å². The van der Waals surface area contributed by atoms with Crippen molar-refractivity contribution in [1.29, 1.82) is 0 Å². The van der Waals surface area contributed by atoms with Crippen LogP contribution in [0.2, 0.25) is 0 Å². The lowest BCUT2D eigenvalue weighted by molar-refractivity contribution is -0.376. The van der Waals surface area contributed by atoms with E-state index in [0.29, 0.717) is 44.5 Å². The molecule has 5 nitrogen and oxygen atoms in total. The van der Waals surface area contributed by atoms with E-state index in [1.165, 1.54) is 4.90 Å². The Morgan fingerprint density at radius 3 is 2.00 bits per heavy atom. The molecule has 1 aliphatic rings. The third-order valence-electron chi connectivity index (χ3n) is 5.53. The van der Waals surface area contributed by atoms with Crippen LogP contribution in [0.3, 0.4) is 0 Å². The zero-order chi connectivity index (χ0) is 23.4. The number of aliphatic hydroxyl groups excluding tert-OH is 1. The number of carbonyl (C=O) groups excluding carboxylic acids is 1. The van der Waals surface area contributed by atoms with E-state index >= 15 is 0 Å². The second kappa shape index (κ2) is 9.64. The highest BCUT2D eigenvalue weighted by atomic mass is 19.4. The first-order chi connectivity index (χ1) is 14.4. The van der Waals surface area contributed by atoms with Gasteiger partial charge < -0.3 is 15.1 Å². The standard InChI is InChI=1S/C20H26F6N2O3/c1-2-3-10-28(17(30)27-11-8-14(13-29)9-12-27)16-6-4-15(5-7-16)18(31,19(21,22)23)20(24,25)26/h4-7,14,29,31H,2-3,8-13H2,1H3. The van der Waals surface area contributed by atoms with E-state index in [0.717, 1.165) is 18.6 Å². The summed E-state index contributed by atoms with van der Waals surface area (Å²) in [5.74, 6) is 0.0924. The van der Waals surface area contributed by atoms with Gasteiger partial charge >= 0.3 is 18.4 Å². The van der Waals surface area contributed by atoms with Crippen LogP contribution in [0.25, 0.3) is 0 Å². The molecule has 0 spiro atoms. The topological polar surface area (TPSA) is 64.0 Å². The molecule has 1 saturated heterocycles. The first-order valence-electron chi connectivity index (χ1n) is 10.0. The van der Waals surface area contributed by atoms with Crippen molar-refractivity contribution in [3.05, 3.63) is 29.8 Å². The zero-order valence-electron chi connectivity index (χ0n) is 17.0. The van der Waals surface area contributed by atoms with Gasteiger partial charge in [0.15, 0.2) is 0 Å². The van der Waals surface area contributed by atoms with Gasteiger partial charge in [0.1, 0.15) is 0 Å². The lowest BCUT2D eigenvalue weighted by atomic mass is 9.92. The van der Waals surface area contributed by atoms with Crippen LogP contribution in [0.4, 0.5) is 36.8 Å². The molecular weight excluding hydrogens is 430 g/mol. The van der Waals surface area contributed by atoms with Crippen molar-refractivity contribution in [3.8, 4) is 0 Å². The van der Waals surface area contributed by atoms with Crippen LogP contribution < -0.4 is 4.90 Å². The predicted molar refractivity (Wildman–Crippen MR) is 101 cm³/mol. The minimum atomic E-state index is -5.97. The number of anilines is 1. The number of amides is 2. The fraction of sp³-hybridized carbons (Fsp3) is 0.650. The van der Waals surface area contributed by atoms with Crippen LogP contribution in [0.1, 0.15) is 38.2 Å². The molecule has 1 aromatic rings. The van der Waals surface area contributed by atoms with Crippen molar-refractivity contribution in [3.63, 3.8) is 0 Å². The molecule has 2 rings (SSSR count). The molecule has 2 N–H and O–H groups in total. The summed E-state index contributed by atoms with van der Waals surface area (Å²) in [6, 6.07) is 2.64. The lowest BCUT2D eigenvalue weighted by Gasteiger charge is -2.36. The number of likely N-dealkylation sites (tertiary alicyclic amines) is 1. The molecule has 1 aliphatic heterocycles. The van der Waals surface area contributed by atoms with Crippen molar-refractivity contribution in [2.24, 2.45) is 5.92 Å². The van der Waals surface area contributed by atoms with Gasteiger partial charge in [0.25, 0.3) is 5.60 Å². The summed E-state index contributed by atoms with van der Waals surface area (Å²) in [4.78, 5) is 15.8. The number of halogens is 6. The van der Waals surface area contributed by atoms with Gasteiger partial charge in [0, 0.05) is 37.5 Å². The van der Waals surface area contributed by atoms with E-state index in [1.807, 2.05) is 6.92 Å². The van der Waals surface area contributed by atoms with Gasteiger partial charge in [-0.25, -0.2) is 4.79 Å². The number of aliphatic hydroxyl groups is 2. The van der Waals surface area contributed by atoms with Crippen molar-refractivity contribution in [2.45, 2.75) is 50.6 Å². The molecule has 0 bridgehead atoms. The number of carbonyl (C=O) groups is 1. The summed E-state index contributed by atoms with van der Waals surface area (Å²) in [6.07, 6.45) is -9.44. The molecule has 0 radical (unpaired) electrons. The highest BCUT2D eigenvalue weighted by Crippen LogP contribution is 2.50. The van der Waals surface area contributed by atoms with E-state index in [-0.39, 0.29) is 24.8 Å². The number of benzene rings is 1. The Labute approximate surface area is 176 Å². The van der Waals surface area contributed by atoms with E-state index in [4.69, 9.17) is 0 Å². The molecule has 0 aliphatic carbocycles. The Hall–Kier alpha value is -2.01. The van der Waals surface area contributed by atoms with Crippen LogP contribution in [-0.2, 0) is 5.60 Å². The zero-order valence-corrected chi connectivity index (χ0v) is 17.0. The van der Waals surface area contributed by atoms with Crippen molar-refractivity contribution >= 4 is 11.7 Å². The Bertz CT molecular complexity index is 714. The maximum Gasteiger partial charge on any atom is 0.430 e. The molecule has 0 atom stereocenters. The predicted octanol–water partition coefficient (Wildman–Crippen LogP) is 4.43. The Balaban J connectivity index is 2.31. The number of unbranched alkanes of at least 4 members (excludes halogenated alkanes) is 1. The van der Waals surface area contributed by atoms with Crippen LogP contribution in [0.5, 0.6) is 0 Å². The minimum Gasteiger partial charge on any atom is -0.396 e. The average Bonchev–Trinajstić information content (AvgIpc) is 2.72. The number of nitrogens with zero attached hydrogens (tertiary/aromatic N) is 2. The third-order valence-corrected chi connectivity index (χ3v) is 5.53. The maximum absolute atomic E-state index is 13.1. The molecular formula is C20H26F6N2O3. The largest absolute Gasteiger partial charge is 0.430 e. The Morgan fingerprint density at radius 1 is 1.06 bits per heavy atom. The highest BCUT2D eigenvalue weighted by Gasteiger charge is 2.71. The van der Waals surface area contributed by atoms with Gasteiger partial charge in [-0.15, -0.1) is 0 Å². The summed E-state index contributed by atoms with van der Waals surface area (Å²) >= 11 is 0. The summed E-state index contributed by atoms with van der Waals surface area (Å²) < 4.78 is 78.5. The van der Waals surface area contributed by atoms with Crippen LogP contribution >= 0.6 is 0 Å². The number of hydrogen-bond acceptors (Lipinski definition) is 3. The molecule has 2 amide bonds. The Kier molecular flexibility index (Phi) is 7.85. The molecule has 1 aromatic carbocycles. The molecule has 176 valence electrons. The van der Waals surface area contributed by atoms with Gasteiger partial charge in [0.2, 0.25) is 0 Å². The molecule has 0 unspecified atom stereocenters. The van der Waals surface area contributed by atoms with Crippen LogP contribution in [0, 0.1) is 5.92 Å². The second-order valence-electron chi connectivity index (χ2n) is 7.65. The smallest absolute Gasteiger partial charge is 0.396 e. The van der Waals surface area contributed by atoms with Crippen LogP contribution in [0.15, 0.2) is 24.3 Å². The summed E-state index contributed by atoms with van der Waals surface area (Å²) in [5.41, 5.74) is -6.25. The molecule has 0 aromatic heterocycles. The van der Waals surface area contributed by atoms with E-state index in [2.05, 4.69) is 0 Å². The molecule has 31 heavy (non-hydrogen) atoms. The summed E-state index contributed by atoms with van der Waals surface area (Å²) in [7, 11) is 0. The number of hydrogen-bond donors (Lipinski definition) is 2. The molecule has 1 heterocycles. The normalized spacial score (nSPS) is 16.5. The fourth-order valence-electron chi connectivity index (χ4n) is 3.50. The SMILES string of the molecule is CCCCN(C(=O)N1CCC(CO)CC1)c1ccc(C(O)(C(F)(F)F)C(F)(F)F)cc1. The number of alkyl halides is 6. The minimum absolute atomic E-state index is 0.0182. The third kappa shape index (κ3) is 5.25. The summed E-state index contributed by atoms with van der Waals surface area (Å²) in [5, 5.41) is 18.8. The number of urea groups is 1. The molecule has 0 saturated carbocycles. The number of rotatable bonds is 6. The number of piperidine rings is 1. The van der Waals surface area contributed by atoms with Crippen LogP contribution in [-0.4, -0.2) is 59.7 Å². The van der Waals surface area contributed by atoms with Crippen molar-refractivity contribution in [1.82, 2.24) is 4.90 Å². The monoisotopic (exact) mass is 456 g/mol. The molecule has 11 heteroatoms. The average molecular weight is 456 g/mol. The van der Waals surface area contributed by atoms with E-state index < -0.39 is 29.5 Å². The summed E-state index contributed by atoms with van der Waals surface area (Å²) in [6.45, 7) is 2.92. The first-order valence-corrected chi connectivity index (χ1v) is 10.0. The van der Waals surface area contributed by atoms with Gasteiger partial charge in [-0.05, 0) is 37.3 Å². The lowest BCUT2D eigenvalue weighted by Crippen LogP contribution is -2.53. The highest BCUT2D eigenvalue weighted by molar-refractivity contribution is 5.92. The maximum atomic E-state index is 13.1. The first kappa shape index (κ1) is 25.3. The van der Waals surface area contributed by atoms with Gasteiger partial charge in [-0.3, -0.25) is 4.90 Å². The molecule has 1 fully saturated rings. The van der Waals surface area contributed by atoms with Gasteiger partial charge in [-0.1, -0.05) is 25.5 Å². The van der Waals surface area contributed by atoms with E-state index in [9.17, 15) is 41.4 Å². The second-order valence-corrected chi connectivity index (χ2v) is 7.65. The quantitative estimate of drug-likeness (QED) is 0.623. The van der Waals surface area contributed by atoms with E-state index in [1.54, 1.807) is 4.90 Å². The van der Waals surface area contributed by atoms with Crippen molar-refractivity contribution in [2.75, 3.05) is 31.1 Å². The fourth-order valence-corrected chi connectivity index (χ4v) is 3.50. The Morgan fingerprint density at radius 2 is 1.58 bits per heavy atom. The van der Waals surface area contributed by atoms with Gasteiger partial charge in [-0.2, -0.15) is 26.3 Å². The van der Waals surface area contributed by atoms with Gasteiger partial charge in [0.05, 0.1) is 0 Å².